The van der Waals surface area contributed by atoms with Crippen molar-refractivity contribution in [1.29, 1.82) is 0 Å². The van der Waals surface area contributed by atoms with Gasteiger partial charge in [-0.1, -0.05) is 6.07 Å². The van der Waals surface area contributed by atoms with E-state index in [1.54, 1.807) is 29.5 Å². The van der Waals surface area contributed by atoms with Gasteiger partial charge in [0.05, 0.1) is 42.5 Å². The van der Waals surface area contributed by atoms with Crippen molar-refractivity contribution in [2.45, 2.75) is 18.6 Å². The molecule has 3 aromatic rings. The molecule has 0 saturated carbocycles. The first kappa shape index (κ1) is 27.3. The Morgan fingerprint density at radius 2 is 1.88 bits per heavy atom. The SMILES string of the molecule is COc1cccc2c1NC(c1nc(N3CCOCC3)c3sc(CN4CCN(S(C)(=O)=O)CC4)cc3n1)(C(F)F)N2. The summed E-state index contributed by atoms with van der Waals surface area (Å²) in [6, 6.07) is 7.08. The molecule has 3 aliphatic heterocycles. The van der Waals surface area contributed by atoms with Crippen LogP contribution in [0, 0.1) is 0 Å². The number of para-hydroxylation sites is 1. The quantitative estimate of drug-likeness (QED) is 0.423. The summed E-state index contributed by atoms with van der Waals surface area (Å²) in [6.45, 7) is 4.90. The average molecular weight is 596 g/mol. The van der Waals surface area contributed by atoms with E-state index in [1.165, 1.54) is 17.7 Å². The standard InChI is InChI=1S/C25H31F2N7O4S2/c1-37-19-5-3-4-17-20(19)31-25(30-17,23(26)27)24-28-18-14-16(15-32-6-8-34(9-7-32)40(2,35)36)39-21(18)22(29-24)33-10-12-38-13-11-33/h3-5,14,23,30-31H,6-13,15H2,1-2H3. The van der Waals surface area contributed by atoms with E-state index in [2.05, 4.69) is 20.4 Å². The van der Waals surface area contributed by atoms with Gasteiger partial charge >= 0.3 is 0 Å². The largest absolute Gasteiger partial charge is 0.495 e. The van der Waals surface area contributed by atoms with Crippen molar-refractivity contribution in [1.82, 2.24) is 19.2 Å². The lowest BCUT2D eigenvalue weighted by Crippen LogP contribution is -2.47. The van der Waals surface area contributed by atoms with Gasteiger partial charge < -0.3 is 25.0 Å². The lowest BCUT2D eigenvalue weighted by atomic mass is 10.1. The predicted molar refractivity (Wildman–Crippen MR) is 150 cm³/mol. The highest BCUT2D eigenvalue weighted by Gasteiger charge is 2.50. The highest BCUT2D eigenvalue weighted by atomic mass is 32.2. The van der Waals surface area contributed by atoms with Gasteiger partial charge in [0.1, 0.15) is 11.4 Å². The van der Waals surface area contributed by atoms with Crippen LogP contribution in [0.5, 0.6) is 5.75 Å². The van der Waals surface area contributed by atoms with E-state index in [4.69, 9.17) is 19.4 Å². The number of alkyl halides is 2. The monoisotopic (exact) mass is 595 g/mol. The molecule has 11 nitrogen and oxygen atoms in total. The first-order chi connectivity index (χ1) is 19.2. The number of hydrogen-bond acceptors (Lipinski definition) is 11. The Bertz CT molecular complexity index is 1510. The summed E-state index contributed by atoms with van der Waals surface area (Å²) in [4.78, 5) is 14.7. The molecular formula is C25H31F2N7O4S2. The summed E-state index contributed by atoms with van der Waals surface area (Å²) in [5, 5.41) is 5.91. The molecular weight excluding hydrogens is 564 g/mol. The number of benzene rings is 1. The summed E-state index contributed by atoms with van der Waals surface area (Å²) >= 11 is 1.54. The normalized spacial score (nSPS) is 22.4. The Labute approximate surface area is 235 Å². The number of morpholine rings is 1. The third kappa shape index (κ3) is 4.93. The fourth-order valence-electron chi connectivity index (χ4n) is 5.34. The van der Waals surface area contributed by atoms with E-state index in [0.717, 1.165) is 9.58 Å². The zero-order valence-electron chi connectivity index (χ0n) is 22.2. The van der Waals surface area contributed by atoms with E-state index in [-0.39, 0.29) is 5.82 Å². The number of rotatable bonds is 7. The molecule has 6 rings (SSSR count). The minimum Gasteiger partial charge on any atom is -0.495 e. The van der Waals surface area contributed by atoms with Crippen molar-refractivity contribution in [2.24, 2.45) is 0 Å². The molecule has 15 heteroatoms. The highest BCUT2D eigenvalue weighted by Crippen LogP contribution is 2.47. The average Bonchev–Trinajstić information content (AvgIpc) is 3.54. The van der Waals surface area contributed by atoms with Crippen LogP contribution in [0.4, 0.5) is 26.0 Å². The van der Waals surface area contributed by atoms with E-state index < -0.39 is 22.1 Å². The molecule has 40 heavy (non-hydrogen) atoms. The molecule has 0 aliphatic carbocycles. The Morgan fingerprint density at radius 3 is 2.55 bits per heavy atom. The van der Waals surface area contributed by atoms with Gasteiger partial charge in [-0.25, -0.2) is 27.2 Å². The Hall–Kier alpha value is -2.85. The van der Waals surface area contributed by atoms with Crippen molar-refractivity contribution < 1.29 is 26.7 Å². The third-order valence-electron chi connectivity index (χ3n) is 7.48. The highest BCUT2D eigenvalue weighted by molar-refractivity contribution is 7.88. The van der Waals surface area contributed by atoms with Gasteiger partial charge in [0.25, 0.3) is 6.43 Å². The van der Waals surface area contributed by atoms with Crippen LogP contribution in [0.15, 0.2) is 24.3 Å². The molecule has 1 aromatic carbocycles. The number of ether oxygens (including phenoxy) is 2. The first-order valence-corrected chi connectivity index (χ1v) is 15.7. The molecule has 0 bridgehead atoms. The summed E-state index contributed by atoms with van der Waals surface area (Å²) in [5.41, 5.74) is -0.541. The number of nitrogens with zero attached hydrogens (tertiary/aromatic N) is 5. The topological polar surface area (TPSA) is 112 Å². The molecule has 1 atom stereocenters. The Balaban J connectivity index is 1.37. The van der Waals surface area contributed by atoms with Crippen LogP contribution in [0.1, 0.15) is 10.7 Å². The van der Waals surface area contributed by atoms with Crippen LogP contribution in [-0.4, -0.2) is 99.9 Å². The number of methoxy groups -OCH3 is 1. The number of piperazine rings is 1. The summed E-state index contributed by atoms with van der Waals surface area (Å²) in [6.07, 6.45) is -1.66. The molecule has 2 saturated heterocycles. The number of nitrogens with one attached hydrogen (secondary N) is 2. The second-order valence-corrected chi connectivity index (χ2v) is 13.2. The van der Waals surface area contributed by atoms with Crippen molar-refractivity contribution in [2.75, 3.05) is 81.4 Å². The van der Waals surface area contributed by atoms with Gasteiger partial charge in [-0.15, -0.1) is 11.3 Å². The van der Waals surface area contributed by atoms with E-state index >= 15 is 0 Å². The Morgan fingerprint density at radius 1 is 1.12 bits per heavy atom. The van der Waals surface area contributed by atoms with Crippen molar-refractivity contribution >= 4 is 48.8 Å². The molecule has 0 spiro atoms. The van der Waals surface area contributed by atoms with Crippen LogP contribution >= 0.6 is 11.3 Å². The van der Waals surface area contributed by atoms with Gasteiger partial charge in [0.2, 0.25) is 15.7 Å². The number of halogens is 2. The number of aromatic nitrogens is 2. The maximum Gasteiger partial charge on any atom is 0.286 e. The second kappa shape index (κ2) is 10.5. The first-order valence-electron chi connectivity index (χ1n) is 13.0. The molecule has 3 aliphatic rings. The maximum absolute atomic E-state index is 15.0. The zero-order valence-corrected chi connectivity index (χ0v) is 23.8. The maximum atomic E-state index is 15.0. The molecule has 2 fully saturated rings. The molecule has 1 unspecified atom stereocenters. The van der Waals surface area contributed by atoms with Gasteiger partial charge in [0, 0.05) is 50.7 Å². The summed E-state index contributed by atoms with van der Waals surface area (Å²) < 4.78 is 66.9. The number of hydrogen-bond donors (Lipinski definition) is 2. The molecule has 0 amide bonds. The van der Waals surface area contributed by atoms with Crippen LogP contribution < -0.4 is 20.3 Å². The molecule has 216 valence electrons. The number of thiophene rings is 1. The van der Waals surface area contributed by atoms with Gasteiger partial charge in [-0.2, -0.15) is 4.31 Å². The van der Waals surface area contributed by atoms with Crippen LogP contribution in [-0.2, 0) is 27.0 Å². The number of anilines is 3. The molecule has 0 radical (unpaired) electrons. The van der Waals surface area contributed by atoms with Crippen molar-refractivity contribution in [3.8, 4) is 5.75 Å². The molecule has 5 heterocycles. The Kier molecular flexibility index (Phi) is 7.19. The summed E-state index contributed by atoms with van der Waals surface area (Å²) in [7, 11) is -1.72. The van der Waals surface area contributed by atoms with Crippen LogP contribution in [0.25, 0.3) is 10.2 Å². The van der Waals surface area contributed by atoms with Crippen LogP contribution in [0.3, 0.4) is 0 Å². The van der Waals surface area contributed by atoms with Gasteiger partial charge in [0.15, 0.2) is 11.6 Å². The molecule has 2 aromatic heterocycles. The minimum absolute atomic E-state index is 0.0548. The zero-order chi connectivity index (χ0) is 28.1. The lowest BCUT2D eigenvalue weighted by molar-refractivity contribution is 0.0772. The van der Waals surface area contributed by atoms with E-state index in [1.807, 2.05) is 6.07 Å². The smallest absolute Gasteiger partial charge is 0.286 e. The fourth-order valence-corrected chi connectivity index (χ4v) is 7.32. The number of fused-ring (bicyclic) bond motifs is 2. The van der Waals surface area contributed by atoms with Crippen LogP contribution in [0.2, 0.25) is 0 Å². The van der Waals surface area contributed by atoms with E-state index in [9.17, 15) is 17.2 Å². The lowest BCUT2D eigenvalue weighted by Gasteiger charge is -2.32. The van der Waals surface area contributed by atoms with Gasteiger partial charge in [-0.3, -0.25) is 4.90 Å². The molecule has 2 N–H and O–H groups in total. The summed E-state index contributed by atoms with van der Waals surface area (Å²) in [5.74, 6) is 0.990. The fraction of sp³-hybridized carbons (Fsp3) is 0.520. The van der Waals surface area contributed by atoms with Crippen molar-refractivity contribution in [3.05, 3.63) is 35.0 Å². The van der Waals surface area contributed by atoms with Gasteiger partial charge in [-0.05, 0) is 18.2 Å². The predicted octanol–water partition coefficient (Wildman–Crippen LogP) is 2.57. The minimum atomic E-state index is -3.22. The van der Waals surface area contributed by atoms with Crippen molar-refractivity contribution in [3.63, 3.8) is 0 Å². The van der Waals surface area contributed by atoms with E-state index in [0.29, 0.717) is 87.5 Å². The second-order valence-electron chi connectivity index (χ2n) is 10.1. The third-order valence-corrected chi connectivity index (χ3v) is 9.88. The number of sulfonamides is 1.